The minimum atomic E-state index is -1.13. The summed E-state index contributed by atoms with van der Waals surface area (Å²) in [5, 5.41) is 5.24. The Hall–Kier alpha value is -2.76. The monoisotopic (exact) mass is 344 g/mol. The van der Waals surface area contributed by atoms with E-state index in [0.29, 0.717) is 24.0 Å². The number of hydrogen-bond donors (Lipinski definition) is 2. The van der Waals surface area contributed by atoms with Gasteiger partial charge in [0.15, 0.2) is 0 Å². The van der Waals surface area contributed by atoms with Gasteiger partial charge in [-0.1, -0.05) is 36.4 Å². The van der Waals surface area contributed by atoms with Crippen LogP contribution in [0.25, 0.3) is 0 Å². The Labute approximate surface area is 144 Å². The molecule has 130 valence electrons. The summed E-state index contributed by atoms with van der Waals surface area (Å²) >= 11 is 0. The highest BCUT2D eigenvalue weighted by Gasteiger charge is 2.56. The maximum atomic E-state index is 13.6. The van der Waals surface area contributed by atoms with Crippen molar-refractivity contribution >= 4 is 11.8 Å². The van der Waals surface area contributed by atoms with Crippen molar-refractivity contribution in [3.05, 3.63) is 71.3 Å². The molecule has 0 saturated heterocycles. The highest BCUT2D eigenvalue weighted by Crippen LogP contribution is 2.46. The van der Waals surface area contributed by atoms with Crippen LogP contribution in [0.3, 0.4) is 0 Å². The number of hydrogen-bond acceptors (Lipinski definition) is 2. The lowest BCUT2D eigenvalue weighted by molar-refractivity contribution is -0.137. The molecule has 2 amide bonds. The van der Waals surface area contributed by atoms with Crippen molar-refractivity contribution < 1.29 is 18.4 Å². The minimum absolute atomic E-state index is 0.0217. The molecule has 0 bridgehead atoms. The second kappa shape index (κ2) is 7.01. The molecule has 4 nitrogen and oxygen atoms in total. The minimum Gasteiger partial charge on any atom is -0.351 e. The fourth-order valence-electron chi connectivity index (χ4n) is 2.66. The predicted molar refractivity (Wildman–Crippen MR) is 88.2 cm³/mol. The highest BCUT2D eigenvalue weighted by atomic mass is 19.1. The molecular formula is C19H18F2N2O2. The summed E-state index contributed by atoms with van der Waals surface area (Å²) in [6, 6.07) is 12.3. The normalized spacial score (nSPS) is 14.6. The average Bonchev–Trinajstić information content (AvgIpc) is 3.42. The number of benzene rings is 2. The third-order valence-corrected chi connectivity index (χ3v) is 4.41. The van der Waals surface area contributed by atoms with Gasteiger partial charge in [-0.05, 0) is 25.0 Å². The van der Waals surface area contributed by atoms with Crippen molar-refractivity contribution in [2.45, 2.75) is 25.9 Å². The van der Waals surface area contributed by atoms with Gasteiger partial charge in [-0.15, -0.1) is 0 Å². The first-order valence-electron chi connectivity index (χ1n) is 8.06. The van der Waals surface area contributed by atoms with E-state index in [9.17, 15) is 18.4 Å². The lowest BCUT2D eigenvalue weighted by Gasteiger charge is -2.16. The van der Waals surface area contributed by atoms with Crippen LogP contribution in [-0.4, -0.2) is 11.8 Å². The van der Waals surface area contributed by atoms with Gasteiger partial charge in [0.1, 0.15) is 17.0 Å². The molecule has 0 unspecified atom stereocenters. The van der Waals surface area contributed by atoms with Crippen molar-refractivity contribution in [1.29, 1.82) is 0 Å². The quantitative estimate of drug-likeness (QED) is 0.792. The van der Waals surface area contributed by atoms with E-state index in [1.54, 1.807) is 36.4 Å². The fraction of sp³-hybridized carbons (Fsp3) is 0.263. The van der Waals surface area contributed by atoms with Crippen LogP contribution in [0, 0.1) is 17.0 Å². The lowest BCUT2D eigenvalue weighted by atomic mass is 10.0. The summed E-state index contributed by atoms with van der Waals surface area (Å²) in [7, 11) is 0. The number of amides is 2. The maximum absolute atomic E-state index is 13.6. The molecule has 0 heterocycles. The molecule has 1 fully saturated rings. The van der Waals surface area contributed by atoms with Gasteiger partial charge in [-0.3, -0.25) is 9.59 Å². The first kappa shape index (κ1) is 17.1. The molecule has 1 aliphatic carbocycles. The van der Waals surface area contributed by atoms with Crippen LogP contribution in [0.1, 0.15) is 24.0 Å². The molecule has 0 spiro atoms. The van der Waals surface area contributed by atoms with E-state index in [1.807, 2.05) is 0 Å². The van der Waals surface area contributed by atoms with Crippen molar-refractivity contribution in [2.24, 2.45) is 5.41 Å². The van der Waals surface area contributed by atoms with Crippen LogP contribution in [0.5, 0.6) is 0 Å². The van der Waals surface area contributed by atoms with E-state index >= 15 is 0 Å². The molecule has 0 atom stereocenters. The van der Waals surface area contributed by atoms with Gasteiger partial charge in [0, 0.05) is 24.2 Å². The van der Waals surface area contributed by atoms with Gasteiger partial charge < -0.3 is 10.6 Å². The Kier molecular flexibility index (Phi) is 4.79. The van der Waals surface area contributed by atoms with Crippen molar-refractivity contribution in [2.75, 3.05) is 0 Å². The zero-order valence-corrected chi connectivity index (χ0v) is 13.5. The van der Waals surface area contributed by atoms with E-state index in [0.717, 1.165) is 0 Å². The first-order chi connectivity index (χ1) is 12.0. The van der Waals surface area contributed by atoms with Gasteiger partial charge in [0.2, 0.25) is 11.8 Å². The third kappa shape index (κ3) is 3.68. The second-order valence-corrected chi connectivity index (χ2v) is 6.13. The van der Waals surface area contributed by atoms with Crippen LogP contribution in [0.15, 0.2) is 48.5 Å². The zero-order chi connectivity index (χ0) is 17.9. The number of carbonyl (C=O) groups excluding carboxylic acids is 2. The van der Waals surface area contributed by atoms with Crippen LogP contribution in [0.4, 0.5) is 8.78 Å². The third-order valence-electron chi connectivity index (χ3n) is 4.41. The highest BCUT2D eigenvalue weighted by molar-refractivity contribution is 6.07. The molecule has 2 aromatic carbocycles. The van der Waals surface area contributed by atoms with Crippen molar-refractivity contribution in [1.82, 2.24) is 10.6 Å². The van der Waals surface area contributed by atoms with Gasteiger partial charge in [-0.2, -0.15) is 0 Å². The molecule has 0 radical (unpaired) electrons. The Balaban J connectivity index is 1.57. The molecule has 3 rings (SSSR count). The molecular weight excluding hydrogens is 326 g/mol. The van der Waals surface area contributed by atoms with Gasteiger partial charge in [0.25, 0.3) is 0 Å². The summed E-state index contributed by atoms with van der Waals surface area (Å²) in [5.74, 6) is -1.67. The standard InChI is InChI=1S/C19H18F2N2O2/c20-15-7-3-1-5-13(15)11-22-17(24)19(9-10-19)18(25)23-12-14-6-2-4-8-16(14)21/h1-8H,9-12H2,(H,22,24)(H,23,25). The molecule has 2 aromatic rings. The molecule has 0 aliphatic heterocycles. The van der Waals surface area contributed by atoms with Gasteiger partial charge in [-0.25, -0.2) is 8.78 Å². The Morgan fingerprint density at radius 2 is 1.20 bits per heavy atom. The zero-order valence-electron chi connectivity index (χ0n) is 13.5. The number of nitrogens with one attached hydrogen (secondary N) is 2. The van der Waals surface area contributed by atoms with Crippen LogP contribution in [0.2, 0.25) is 0 Å². The average molecular weight is 344 g/mol. The summed E-state index contributed by atoms with van der Waals surface area (Å²) in [4.78, 5) is 24.7. The first-order valence-corrected chi connectivity index (χ1v) is 8.06. The summed E-state index contributed by atoms with van der Waals surface area (Å²) < 4.78 is 27.2. The Bertz CT molecular complexity index is 740. The SMILES string of the molecule is O=C(NCc1ccccc1F)C1(C(=O)NCc2ccccc2F)CC1. The van der Waals surface area contributed by atoms with Crippen LogP contribution in [-0.2, 0) is 22.7 Å². The van der Waals surface area contributed by atoms with E-state index < -0.39 is 28.9 Å². The summed E-state index contributed by atoms with van der Waals surface area (Å²) in [6.45, 7) is 0.0434. The smallest absolute Gasteiger partial charge is 0.235 e. The topological polar surface area (TPSA) is 58.2 Å². The predicted octanol–water partition coefficient (Wildman–Crippen LogP) is 2.68. The van der Waals surface area contributed by atoms with E-state index in [-0.39, 0.29) is 13.1 Å². The number of carbonyl (C=O) groups is 2. The Morgan fingerprint density at radius 3 is 1.56 bits per heavy atom. The maximum Gasteiger partial charge on any atom is 0.235 e. The van der Waals surface area contributed by atoms with Gasteiger partial charge >= 0.3 is 0 Å². The van der Waals surface area contributed by atoms with E-state index in [4.69, 9.17) is 0 Å². The lowest BCUT2D eigenvalue weighted by Crippen LogP contribution is -2.42. The summed E-state index contributed by atoms with van der Waals surface area (Å²) in [6.07, 6.45) is 0.860. The van der Waals surface area contributed by atoms with Crippen molar-refractivity contribution in [3.8, 4) is 0 Å². The van der Waals surface area contributed by atoms with E-state index in [1.165, 1.54) is 12.1 Å². The molecule has 0 aromatic heterocycles. The van der Waals surface area contributed by atoms with Crippen LogP contribution < -0.4 is 10.6 Å². The number of rotatable bonds is 6. The molecule has 25 heavy (non-hydrogen) atoms. The number of halogens is 2. The largest absolute Gasteiger partial charge is 0.351 e. The van der Waals surface area contributed by atoms with E-state index in [2.05, 4.69) is 10.6 Å². The molecule has 6 heteroatoms. The second-order valence-electron chi connectivity index (χ2n) is 6.13. The Morgan fingerprint density at radius 1 is 0.800 bits per heavy atom. The van der Waals surface area contributed by atoms with Gasteiger partial charge in [0.05, 0.1) is 0 Å². The molecule has 2 N–H and O–H groups in total. The van der Waals surface area contributed by atoms with Crippen LogP contribution >= 0.6 is 0 Å². The molecule has 1 saturated carbocycles. The molecule has 1 aliphatic rings. The summed E-state index contributed by atoms with van der Waals surface area (Å²) in [5.41, 5.74) is -0.409. The fourth-order valence-corrected chi connectivity index (χ4v) is 2.66. The van der Waals surface area contributed by atoms with Crippen molar-refractivity contribution in [3.63, 3.8) is 0 Å².